The van der Waals surface area contributed by atoms with Crippen molar-refractivity contribution in [2.75, 3.05) is 7.11 Å². The number of carbonyl (C=O) groups is 1. The van der Waals surface area contributed by atoms with Crippen molar-refractivity contribution >= 4 is 23.2 Å². The quantitative estimate of drug-likeness (QED) is 0.380. The number of methoxy groups -OCH3 is 1. The van der Waals surface area contributed by atoms with E-state index in [9.17, 15) is 14.4 Å². The second-order valence-corrected chi connectivity index (χ2v) is 5.96. The zero-order valence-electron chi connectivity index (χ0n) is 15.7. The fourth-order valence-corrected chi connectivity index (χ4v) is 2.69. The highest BCUT2D eigenvalue weighted by Gasteiger charge is 2.17. The van der Waals surface area contributed by atoms with Crippen LogP contribution in [0.4, 0.5) is 0 Å². The van der Waals surface area contributed by atoms with E-state index in [0.717, 1.165) is 10.1 Å². The van der Waals surface area contributed by atoms with Crippen LogP contribution in [0, 0.1) is 11.8 Å². The van der Waals surface area contributed by atoms with Crippen LogP contribution in [0.1, 0.15) is 11.4 Å². The number of fused-ring (bicyclic) bond motifs is 1. The molecule has 3 aromatic rings. The molecule has 0 fully saturated rings. The number of esters is 1. The molecule has 0 aliphatic rings. The Morgan fingerprint density at radius 1 is 1.18 bits per heavy atom. The molecule has 2 aromatic heterocycles. The van der Waals surface area contributed by atoms with E-state index in [0.29, 0.717) is 5.82 Å². The highest BCUT2D eigenvalue weighted by atomic mass is 16.5. The van der Waals surface area contributed by atoms with Crippen LogP contribution in [-0.4, -0.2) is 31.8 Å². The molecule has 1 aromatic carbocycles. The molecule has 0 radical (unpaired) electrons. The lowest BCUT2D eigenvalue weighted by Crippen LogP contribution is -2.38. The summed E-state index contributed by atoms with van der Waals surface area (Å²) in [6, 6.07) is 9.37. The van der Waals surface area contributed by atoms with Gasteiger partial charge in [-0.1, -0.05) is 30.0 Å². The first-order valence-corrected chi connectivity index (χ1v) is 8.40. The van der Waals surface area contributed by atoms with Crippen molar-refractivity contribution in [1.82, 2.24) is 18.7 Å². The molecule has 2 heterocycles. The Hall–Kier alpha value is -3.86. The number of carbonyl (C=O) groups excluding carboxylic acids is 1. The van der Waals surface area contributed by atoms with Gasteiger partial charge in [0.25, 0.3) is 5.56 Å². The Kier molecular flexibility index (Phi) is 5.27. The van der Waals surface area contributed by atoms with E-state index in [-0.39, 0.29) is 17.7 Å². The van der Waals surface area contributed by atoms with E-state index in [1.807, 2.05) is 30.3 Å². The molecule has 0 aliphatic heterocycles. The van der Waals surface area contributed by atoms with Gasteiger partial charge in [-0.25, -0.2) is 14.6 Å². The number of nitrogens with zero attached hydrogens (tertiary/aromatic N) is 4. The predicted octanol–water partition coefficient (Wildman–Crippen LogP) is 0.672. The molecule has 0 saturated carbocycles. The summed E-state index contributed by atoms with van der Waals surface area (Å²) in [7, 11) is 4.31. The summed E-state index contributed by atoms with van der Waals surface area (Å²) in [6.07, 6.45) is 2.62. The van der Waals surface area contributed by atoms with Crippen molar-refractivity contribution in [3.8, 4) is 11.8 Å². The third-order valence-electron chi connectivity index (χ3n) is 4.21. The molecule has 3 rings (SSSR count). The summed E-state index contributed by atoms with van der Waals surface area (Å²) in [5.74, 6) is 5.71. The Morgan fingerprint density at radius 3 is 2.57 bits per heavy atom. The Bertz CT molecular complexity index is 1250. The second kappa shape index (κ2) is 7.80. The fourth-order valence-electron chi connectivity index (χ4n) is 2.69. The van der Waals surface area contributed by atoms with Crippen LogP contribution in [-0.2, 0) is 30.2 Å². The molecular formula is C20H18N4O4. The van der Waals surface area contributed by atoms with Crippen LogP contribution in [0.5, 0.6) is 0 Å². The molecule has 0 spiro atoms. The smallest absolute Gasteiger partial charge is 0.333 e. The van der Waals surface area contributed by atoms with Gasteiger partial charge < -0.3 is 9.30 Å². The minimum absolute atomic E-state index is 0.0650. The molecular weight excluding hydrogens is 360 g/mol. The summed E-state index contributed by atoms with van der Waals surface area (Å²) in [5, 5.41) is 0. The summed E-state index contributed by atoms with van der Waals surface area (Å²) in [6.45, 7) is 0.0650. The molecule has 28 heavy (non-hydrogen) atoms. The minimum atomic E-state index is -0.550. The van der Waals surface area contributed by atoms with E-state index in [4.69, 9.17) is 0 Å². The van der Waals surface area contributed by atoms with Crippen molar-refractivity contribution in [2.45, 2.75) is 6.54 Å². The summed E-state index contributed by atoms with van der Waals surface area (Å²) < 4.78 is 8.44. The second-order valence-electron chi connectivity index (χ2n) is 5.96. The Balaban J connectivity index is 2.13. The maximum Gasteiger partial charge on any atom is 0.333 e. The van der Waals surface area contributed by atoms with Crippen LogP contribution < -0.4 is 11.2 Å². The Morgan fingerprint density at radius 2 is 1.89 bits per heavy atom. The van der Waals surface area contributed by atoms with Gasteiger partial charge in [0.2, 0.25) is 0 Å². The van der Waals surface area contributed by atoms with Crippen molar-refractivity contribution in [2.24, 2.45) is 14.1 Å². The van der Waals surface area contributed by atoms with E-state index in [1.165, 1.54) is 35.4 Å². The molecule has 0 bridgehead atoms. The number of aryl methyl sites for hydroxylation is 1. The zero-order valence-corrected chi connectivity index (χ0v) is 15.7. The van der Waals surface area contributed by atoms with Gasteiger partial charge in [0.05, 0.1) is 13.7 Å². The average Bonchev–Trinajstić information content (AvgIpc) is 3.04. The fraction of sp³-hybridized carbons (Fsp3) is 0.200. The van der Waals surface area contributed by atoms with Gasteiger partial charge in [0, 0.05) is 25.7 Å². The van der Waals surface area contributed by atoms with Crippen molar-refractivity contribution in [3.63, 3.8) is 0 Å². The highest BCUT2D eigenvalue weighted by Crippen LogP contribution is 2.11. The normalized spacial score (nSPS) is 10.8. The average molecular weight is 378 g/mol. The molecule has 0 N–H and O–H groups in total. The summed E-state index contributed by atoms with van der Waals surface area (Å²) in [5.41, 5.74) is 0.288. The van der Waals surface area contributed by atoms with Gasteiger partial charge in [-0.15, -0.1) is 0 Å². The van der Waals surface area contributed by atoms with Crippen LogP contribution in [0.15, 0.2) is 46.0 Å². The van der Waals surface area contributed by atoms with Gasteiger partial charge in [0.1, 0.15) is 5.82 Å². The molecule has 0 amide bonds. The van der Waals surface area contributed by atoms with Gasteiger partial charge >= 0.3 is 11.7 Å². The number of hydrogen-bond acceptors (Lipinski definition) is 5. The maximum atomic E-state index is 12.6. The molecule has 8 nitrogen and oxygen atoms in total. The number of hydrogen-bond donors (Lipinski definition) is 0. The number of imidazole rings is 1. The van der Waals surface area contributed by atoms with Gasteiger partial charge in [-0.2, -0.15) is 0 Å². The lowest BCUT2D eigenvalue weighted by Gasteiger charge is -2.05. The van der Waals surface area contributed by atoms with E-state index in [1.54, 1.807) is 7.05 Å². The predicted molar refractivity (Wildman–Crippen MR) is 105 cm³/mol. The molecule has 0 aliphatic carbocycles. The first kappa shape index (κ1) is 18.9. The van der Waals surface area contributed by atoms with Crippen LogP contribution >= 0.6 is 0 Å². The van der Waals surface area contributed by atoms with Crippen molar-refractivity contribution in [3.05, 3.63) is 68.6 Å². The number of ether oxygens (including phenoxy) is 1. The summed E-state index contributed by atoms with van der Waals surface area (Å²) in [4.78, 5) is 40.9. The van der Waals surface area contributed by atoms with E-state index < -0.39 is 17.2 Å². The summed E-state index contributed by atoms with van der Waals surface area (Å²) >= 11 is 0. The van der Waals surface area contributed by atoms with Gasteiger partial charge in [0.15, 0.2) is 11.2 Å². The third-order valence-corrected chi connectivity index (χ3v) is 4.21. The molecule has 0 atom stereocenters. The Labute approximate surface area is 160 Å². The first-order valence-electron chi connectivity index (χ1n) is 8.40. The lowest BCUT2D eigenvalue weighted by molar-refractivity contribution is -0.134. The highest BCUT2D eigenvalue weighted by molar-refractivity contribution is 5.87. The third kappa shape index (κ3) is 3.50. The number of aromatic nitrogens is 4. The SMILES string of the molecule is COC(=O)/C=C/c1nc2c(c(=O)n(C)c(=O)n2CC#Cc2ccccc2)n1C. The first-order chi connectivity index (χ1) is 13.4. The standard InChI is InChI=1S/C20H18N4O4/c1-22-15(11-12-16(25)28-3)21-18-17(22)19(26)23(2)20(27)24(18)13-7-10-14-8-5-4-6-9-14/h4-6,8-9,11-12H,13H2,1-3H3/b12-11+. The molecule has 142 valence electrons. The van der Waals surface area contributed by atoms with Crippen molar-refractivity contribution < 1.29 is 9.53 Å². The van der Waals surface area contributed by atoms with E-state index in [2.05, 4.69) is 21.6 Å². The maximum absolute atomic E-state index is 12.6. The van der Waals surface area contributed by atoms with Gasteiger partial charge in [-0.3, -0.25) is 13.9 Å². The van der Waals surface area contributed by atoms with Gasteiger partial charge in [-0.05, 0) is 18.2 Å². The largest absolute Gasteiger partial charge is 0.466 e. The number of benzene rings is 1. The monoisotopic (exact) mass is 378 g/mol. The van der Waals surface area contributed by atoms with Crippen LogP contribution in [0.3, 0.4) is 0 Å². The molecule has 8 heteroatoms. The minimum Gasteiger partial charge on any atom is -0.466 e. The van der Waals surface area contributed by atoms with Crippen LogP contribution in [0.25, 0.3) is 17.2 Å². The lowest BCUT2D eigenvalue weighted by atomic mass is 10.2. The van der Waals surface area contributed by atoms with E-state index >= 15 is 0 Å². The van der Waals surface area contributed by atoms with Crippen LogP contribution in [0.2, 0.25) is 0 Å². The molecule has 0 saturated heterocycles. The topological polar surface area (TPSA) is 88.1 Å². The number of rotatable bonds is 3. The zero-order chi connectivity index (χ0) is 20.3. The van der Waals surface area contributed by atoms with Crippen molar-refractivity contribution in [1.29, 1.82) is 0 Å². The molecule has 0 unspecified atom stereocenters.